The molecular formula is C7H7FO. The lowest BCUT2D eigenvalue weighted by atomic mass is 9.73. The number of allylic oxidation sites excluding steroid dienone is 2. The second-order valence-electron chi connectivity index (χ2n) is 2.66. The lowest BCUT2D eigenvalue weighted by Crippen LogP contribution is -2.46. The maximum absolute atomic E-state index is 12.5. The van der Waals surface area contributed by atoms with Crippen molar-refractivity contribution in [3.05, 3.63) is 12.2 Å². The smallest absolute Gasteiger partial charge is 0.174 e. The van der Waals surface area contributed by atoms with E-state index in [1.807, 2.05) is 12.2 Å². The highest BCUT2D eigenvalue weighted by Crippen LogP contribution is 2.41. The fourth-order valence-electron chi connectivity index (χ4n) is 1.56. The number of rotatable bonds is 0. The summed E-state index contributed by atoms with van der Waals surface area (Å²) < 4.78 is 12.5. The number of fused-ring (bicyclic) bond motifs is 1. The van der Waals surface area contributed by atoms with Crippen molar-refractivity contribution in [1.82, 2.24) is 0 Å². The quantitative estimate of drug-likeness (QED) is 0.444. The highest BCUT2D eigenvalue weighted by atomic mass is 19.1. The van der Waals surface area contributed by atoms with Gasteiger partial charge in [0.25, 0.3) is 0 Å². The zero-order valence-corrected chi connectivity index (χ0v) is 4.88. The molecule has 1 nitrogen and oxygen atoms in total. The summed E-state index contributed by atoms with van der Waals surface area (Å²) in [4.78, 5) is 10.6. The molecule has 2 rings (SSSR count). The lowest BCUT2D eigenvalue weighted by molar-refractivity contribution is -0.140. The normalized spacial score (nSPS) is 46.8. The Labute approximate surface area is 52.6 Å². The third-order valence-corrected chi connectivity index (χ3v) is 2.19. The number of hydrogen-bond acceptors (Lipinski definition) is 1. The van der Waals surface area contributed by atoms with E-state index in [9.17, 15) is 9.18 Å². The minimum absolute atomic E-state index is 0.0116. The number of alkyl halides is 1. The van der Waals surface area contributed by atoms with Crippen molar-refractivity contribution in [1.29, 1.82) is 0 Å². The van der Waals surface area contributed by atoms with Gasteiger partial charge < -0.3 is 0 Å². The van der Waals surface area contributed by atoms with Crippen LogP contribution >= 0.6 is 0 Å². The number of ketones is 1. The Morgan fingerprint density at radius 2 is 2.44 bits per heavy atom. The van der Waals surface area contributed by atoms with Crippen LogP contribution in [0.2, 0.25) is 0 Å². The van der Waals surface area contributed by atoms with Gasteiger partial charge in [-0.05, 0) is 6.42 Å². The fourth-order valence-corrected chi connectivity index (χ4v) is 1.56. The highest BCUT2D eigenvalue weighted by Gasteiger charge is 2.50. The van der Waals surface area contributed by atoms with Crippen molar-refractivity contribution in [2.45, 2.75) is 12.6 Å². The van der Waals surface area contributed by atoms with Gasteiger partial charge in [0.2, 0.25) is 0 Å². The Morgan fingerprint density at radius 1 is 1.67 bits per heavy atom. The summed E-state index contributed by atoms with van der Waals surface area (Å²) in [5.74, 6) is -0.258. The fraction of sp³-hybridized carbons (Fsp3) is 0.571. The molecular weight excluding hydrogens is 119 g/mol. The first-order valence-electron chi connectivity index (χ1n) is 3.15. The average Bonchev–Trinajstić information content (AvgIpc) is 2.30. The molecule has 0 heterocycles. The number of Topliss-reactive ketones (excluding diaryl/α,β-unsaturated/α-hetero) is 1. The van der Waals surface area contributed by atoms with E-state index in [0.29, 0.717) is 0 Å². The number of hydrogen-bond donors (Lipinski definition) is 0. The van der Waals surface area contributed by atoms with E-state index in [2.05, 4.69) is 0 Å². The molecule has 48 valence electrons. The topological polar surface area (TPSA) is 17.1 Å². The second-order valence-corrected chi connectivity index (χ2v) is 2.66. The Hall–Kier alpha value is -0.660. The summed E-state index contributed by atoms with van der Waals surface area (Å²) in [7, 11) is 0. The van der Waals surface area contributed by atoms with Crippen molar-refractivity contribution in [2.75, 3.05) is 0 Å². The van der Waals surface area contributed by atoms with E-state index in [1.165, 1.54) is 0 Å². The van der Waals surface area contributed by atoms with Gasteiger partial charge in [-0.1, -0.05) is 12.2 Å². The van der Waals surface area contributed by atoms with Crippen LogP contribution in [0.25, 0.3) is 0 Å². The van der Waals surface area contributed by atoms with Gasteiger partial charge in [-0.25, -0.2) is 4.39 Å². The Morgan fingerprint density at radius 3 is 3.11 bits per heavy atom. The van der Waals surface area contributed by atoms with E-state index in [4.69, 9.17) is 0 Å². The van der Waals surface area contributed by atoms with E-state index >= 15 is 0 Å². The molecule has 0 bridgehead atoms. The first-order valence-corrected chi connectivity index (χ1v) is 3.15. The van der Waals surface area contributed by atoms with Crippen LogP contribution in [0.1, 0.15) is 6.42 Å². The van der Waals surface area contributed by atoms with Crippen molar-refractivity contribution >= 4 is 5.78 Å². The summed E-state index contributed by atoms with van der Waals surface area (Å²) >= 11 is 0. The van der Waals surface area contributed by atoms with Crippen molar-refractivity contribution in [3.63, 3.8) is 0 Å². The molecule has 2 aliphatic carbocycles. The summed E-state index contributed by atoms with van der Waals surface area (Å²) in [6.45, 7) is 0. The molecule has 0 amide bonds. The van der Waals surface area contributed by atoms with Gasteiger partial charge in [0.05, 0.1) is 0 Å². The minimum Gasteiger partial charge on any atom is -0.296 e. The third kappa shape index (κ3) is 0.460. The van der Waals surface area contributed by atoms with Crippen molar-refractivity contribution in [3.8, 4) is 0 Å². The van der Waals surface area contributed by atoms with Crippen LogP contribution in [-0.2, 0) is 4.79 Å². The molecule has 0 saturated heterocycles. The molecule has 9 heavy (non-hydrogen) atoms. The Bertz CT molecular complexity index is 185. The summed E-state index contributed by atoms with van der Waals surface area (Å²) in [6.07, 6.45) is 3.33. The van der Waals surface area contributed by atoms with Gasteiger partial charge in [-0.3, -0.25) is 4.79 Å². The highest BCUT2D eigenvalue weighted by molar-refractivity contribution is 5.94. The molecule has 0 aromatic rings. The Kier molecular flexibility index (Phi) is 0.821. The first-order chi connectivity index (χ1) is 4.30. The monoisotopic (exact) mass is 126 g/mol. The molecule has 1 saturated carbocycles. The average molecular weight is 126 g/mol. The molecule has 0 radical (unpaired) electrons. The van der Waals surface area contributed by atoms with E-state index in [0.717, 1.165) is 6.42 Å². The molecule has 3 atom stereocenters. The maximum Gasteiger partial charge on any atom is 0.174 e. The van der Waals surface area contributed by atoms with Crippen LogP contribution < -0.4 is 0 Å². The van der Waals surface area contributed by atoms with Gasteiger partial charge in [-0.2, -0.15) is 0 Å². The number of halogens is 1. The molecule has 2 aliphatic rings. The van der Waals surface area contributed by atoms with Crippen molar-refractivity contribution < 1.29 is 9.18 Å². The van der Waals surface area contributed by atoms with E-state index in [1.54, 1.807) is 0 Å². The second kappa shape index (κ2) is 1.43. The van der Waals surface area contributed by atoms with Gasteiger partial charge in [0, 0.05) is 11.8 Å². The van der Waals surface area contributed by atoms with Crippen LogP contribution in [0.5, 0.6) is 0 Å². The molecule has 1 fully saturated rings. The zero-order chi connectivity index (χ0) is 6.43. The van der Waals surface area contributed by atoms with Crippen LogP contribution in [0.15, 0.2) is 12.2 Å². The maximum atomic E-state index is 12.5. The predicted octanol–water partition coefficient (Wildman–Crippen LogP) is 1.10. The minimum atomic E-state index is -1.15. The first kappa shape index (κ1) is 5.15. The van der Waals surface area contributed by atoms with Crippen LogP contribution in [0.3, 0.4) is 0 Å². The molecule has 0 spiro atoms. The molecule has 3 unspecified atom stereocenters. The van der Waals surface area contributed by atoms with Gasteiger partial charge in [-0.15, -0.1) is 0 Å². The van der Waals surface area contributed by atoms with Gasteiger partial charge in [0.15, 0.2) is 12.0 Å². The van der Waals surface area contributed by atoms with Gasteiger partial charge in [0.1, 0.15) is 0 Å². The summed E-state index contributed by atoms with van der Waals surface area (Å²) in [5.41, 5.74) is 0. The van der Waals surface area contributed by atoms with E-state index in [-0.39, 0.29) is 17.6 Å². The zero-order valence-electron chi connectivity index (χ0n) is 4.88. The summed E-state index contributed by atoms with van der Waals surface area (Å²) in [5, 5.41) is 0. The molecule has 0 aromatic heterocycles. The molecule has 0 aromatic carbocycles. The van der Waals surface area contributed by atoms with Crippen LogP contribution in [-0.4, -0.2) is 12.0 Å². The van der Waals surface area contributed by atoms with Crippen LogP contribution in [0, 0.1) is 11.8 Å². The van der Waals surface area contributed by atoms with Crippen molar-refractivity contribution in [2.24, 2.45) is 11.8 Å². The van der Waals surface area contributed by atoms with E-state index < -0.39 is 6.17 Å². The number of carbonyl (C=O) groups is 1. The largest absolute Gasteiger partial charge is 0.296 e. The molecule has 2 heteroatoms. The van der Waals surface area contributed by atoms with Gasteiger partial charge >= 0.3 is 0 Å². The third-order valence-electron chi connectivity index (χ3n) is 2.19. The Balaban J connectivity index is 2.21. The predicted molar refractivity (Wildman–Crippen MR) is 30.6 cm³/mol. The lowest BCUT2D eigenvalue weighted by Gasteiger charge is -2.31. The van der Waals surface area contributed by atoms with Crippen LogP contribution in [0.4, 0.5) is 4.39 Å². The standard InChI is InChI=1S/C7H7FO/c8-6-4-2-1-3-5(4)7(6)9/h1,3-6H,2H2. The SMILES string of the molecule is O=C1C(F)C2CC=CC12. The molecule has 0 aliphatic heterocycles. The number of carbonyl (C=O) groups excluding carboxylic acids is 1. The molecule has 0 N–H and O–H groups in total. The summed E-state index contributed by atoms with van der Waals surface area (Å²) in [6, 6.07) is 0.